The van der Waals surface area contributed by atoms with Crippen molar-refractivity contribution in [2.45, 2.75) is 19.3 Å². The first-order valence-electron chi connectivity index (χ1n) is 12.9. The number of hydrogen-bond acceptors (Lipinski definition) is 1. The summed E-state index contributed by atoms with van der Waals surface area (Å²) in [7, 11) is 0. The zero-order chi connectivity index (χ0) is 24.7. The van der Waals surface area contributed by atoms with E-state index in [1.165, 1.54) is 70.3 Å². The van der Waals surface area contributed by atoms with E-state index in [0.717, 1.165) is 0 Å². The predicted molar refractivity (Wildman–Crippen MR) is 159 cm³/mol. The third kappa shape index (κ3) is 2.79. The molecule has 37 heavy (non-hydrogen) atoms. The topological polar surface area (TPSA) is 4.93 Å². The second-order valence-corrected chi connectivity index (χ2v) is 11.6. The van der Waals surface area contributed by atoms with Crippen molar-refractivity contribution < 1.29 is 0 Å². The van der Waals surface area contributed by atoms with Crippen LogP contribution in [0.25, 0.3) is 59.1 Å². The molecule has 0 N–H and O–H groups in total. The highest BCUT2D eigenvalue weighted by molar-refractivity contribution is 7.26. The Hall–Kier alpha value is -4.14. The summed E-state index contributed by atoms with van der Waals surface area (Å²) in [5.74, 6) is 0. The smallest absolute Gasteiger partial charge is 0.0727 e. The van der Waals surface area contributed by atoms with E-state index in [9.17, 15) is 0 Å². The lowest BCUT2D eigenvalue weighted by molar-refractivity contribution is 0.662. The Morgan fingerprint density at radius 1 is 0.595 bits per heavy atom. The van der Waals surface area contributed by atoms with Crippen LogP contribution in [-0.4, -0.2) is 4.57 Å². The van der Waals surface area contributed by atoms with Crippen LogP contribution in [-0.2, 0) is 5.41 Å². The van der Waals surface area contributed by atoms with Crippen molar-refractivity contribution in [1.29, 1.82) is 0 Å². The van der Waals surface area contributed by atoms with E-state index in [0.29, 0.717) is 0 Å². The molecule has 0 atom stereocenters. The number of thiophene rings is 1. The van der Waals surface area contributed by atoms with Crippen LogP contribution in [0.4, 0.5) is 0 Å². The number of aromatic nitrogens is 1. The molecule has 8 rings (SSSR count). The lowest BCUT2D eigenvalue weighted by Gasteiger charge is -2.24. The number of rotatable bonds is 2. The van der Waals surface area contributed by atoms with Gasteiger partial charge in [-0.3, -0.25) is 0 Å². The van der Waals surface area contributed by atoms with Crippen LogP contribution >= 0.6 is 11.3 Å². The van der Waals surface area contributed by atoms with E-state index in [4.69, 9.17) is 0 Å². The van der Waals surface area contributed by atoms with Gasteiger partial charge in [0.25, 0.3) is 0 Å². The molecule has 0 saturated heterocycles. The summed E-state index contributed by atoms with van der Waals surface area (Å²) in [6, 6.07) is 42.4. The molecular formula is C35H25NS. The Morgan fingerprint density at radius 2 is 1.27 bits per heavy atom. The zero-order valence-electron chi connectivity index (χ0n) is 20.8. The van der Waals surface area contributed by atoms with Gasteiger partial charge in [-0.15, -0.1) is 11.3 Å². The van der Waals surface area contributed by atoms with Crippen molar-refractivity contribution in [3.63, 3.8) is 0 Å². The SMILES string of the molecule is CC1(C)c2ccccc2-c2cccc(-c3ccc(-n4c5ccccc5c5sc6ccccc6c54)cc3)c21. The molecule has 0 spiro atoms. The number of benzene rings is 5. The summed E-state index contributed by atoms with van der Waals surface area (Å²) in [5, 5.41) is 2.64. The van der Waals surface area contributed by atoms with Gasteiger partial charge in [-0.1, -0.05) is 105 Å². The quantitative estimate of drug-likeness (QED) is 0.227. The van der Waals surface area contributed by atoms with Crippen LogP contribution in [0.5, 0.6) is 0 Å². The van der Waals surface area contributed by atoms with Gasteiger partial charge in [0.05, 0.1) is 15.7 Å². The first kappa shape index (κ1) is 21.0. The van der Waals surface area contributed by atoms with Crippen molar-refractivity contribution in [3.8, 4) is 27.9 Å². The monoisotopic (exact) mass is 491 g/mol. The molecular weight excluding hydrogens is 466 g/mol. The Morgan fingerprint density at radius 3 is 2.14 bits per heavy atom. The number of nitrogens with zero attached hydrogens (tertiary/aromatic N) is 1. The maximum Gasteiger partial charge on any atom is 0.0727 e. The molecule has 0 radical (unpaired) electrons. The van der Waals surface area contributed by atoms with Crippen LogP contribution in [0.3, 0.4) is 0 Å². The Kier molecular flexibility index (Phi) is 4.22. The molecule has 2 aromatic heterocycles. The van der Waals surface area contributed by atoms with Crippen molar-refractivity contribution in [3.05, 3.63) is 126 Å². The van der Waals surface area contributed by atoms with Gasteiger partial charge >= 0.3 is 0 Å². The summed E-state index contributed by atoms with van der Waals surface area (Å²) >= 11 is 1.89. The molecule has 1 nitrogen and oxygen atoms in total. The first-order chi connectivity index (χ1) is 18.1. The average molecular weight is 492 g/mol. The van der Waals surface area contributed by atoms with Crippen LogP contribution < -0.4 is 0 Å². The summed E-state index contributed by atoms with van der Waals surface area (Å²) in [4.78, 5) is 0. The highest BCUT2D eigenvalue weighted by Crippen LogP contribution is 2.52. The molecule has 1 aliphatic rings. The van der Waals surface area contributed by atoms with Crippen LogP contribution in [0.1, 0.15) is 25.0 Å². The summed E-state index contributed by atoms with van der Waals surface area (Å²) in [6.45, 7) is 4.72. The van der Waals surface area contributed by atoms with Gasteiger partial charge in [-0.25, -0.2) is 0 Å². The van der Waals surface area contributed by atoms with Gasteiger partial charge in [0, 0.05) is 26.6 Å². The van der Waals surface area contributed by atoms with Gasteiger partial charge in [-0.2, -0.15) is 0 Å². The minimum absolute atomic E-state index is 0.0282. The second kappa shape index (κ2) is 7.44. The largest absolute Gasteiger partial charge is 0.308 e. The summed E-state index contributed by atoms with van der Waals surface area (Å²) in [6.07, 6.45) is 0. The fourth-order valence-corrected chi connectivity index (χ4v) is 7.79. The highest BCUT2D eigenvalue weighted by atomic mass is 32.1. The Labute approximate surface area is 220 Å². The number of hydrogen-bond donors (Lipinski definition) is 0. The van der Waals surface area contributed by atoms with Gasteiger partial charge in [0.1, 0.15) is 0 Å². The molecule has 7 aromatic rings. The van der Waals surface area contributed by atoms with E-state index < -0.39 is 0 Å². The maximum atomic E-state index is 2.45. The van der Waals surface area contributed by atoms with Crippen LogP contribution in [0.2, 0.25) is 0 Å². The molecule has 1 aliphatic carbocycles. The molecule has 0 aliphatic heterocycles. The minimum Gasteiger partial charge on any atom is -0.308 e. The fraction of sp³-hybridized carbons (Fsp3) is 0.0857. The van der Waals surface area contributed by atoms with E-state index in [1.54, 1.807) is 0 Å². The zero-order valence-corrected chi connectivity index (χ0v) is 21.6. The fourth-order valence-electron chi connectivity index (χ4n) is 6.56. The maximum absolute atomic E-state index is 2.45. The van der Waals surface area contributed by atoms with E-state index >= 15 is 0 Å². The number of para-hydroxylation sites is 1. The van der Waals surface area contributed by atoms with Crippen molar-refractivity contribution in [1.82, 2.24) is 4.57 Å². The molecule has 0 saturated carbocycles. The third-order valence-corrected chi connectivity index (χ3v) is 9.39. The first-order valence-corrected chi connectivity index (χ1v) is 13.7. The van der Waals surface area contributed by atoms with Crippen molar-refractivity contribution in [2.75, 3.05) is 0 Å². The molecule has 2 heteroatoms. The van der Waals surface area contributed by atoms with Gasteiger partial charge in [0.15, 0.2) is 0 Å². The Bertz CT molecular complexity index is 1990. The molecule has 0 fully saturated rings. The van der Waals surface area contributed by atoms with Crippen molar-refractivity contribution >= 4 is 42.5 Å². The average Bonchev–Trinajstić information content (AvgIpc) is 3.55. The standard InChI is InChI=1S/C35H25NS/c1-35(2)29-15-6-3-10-25(29)26-14-9-13-24(32(26)35)22-18-20-23(21-19-22)36-30-16-7-4-11-27(30)34-33(36)28-12-5-8-17-31(28)37-34/h3-21H,1-2H3. The highest BCUT2D eigenvalue weighted by Gasteiger charge is 2.37. The normalized spacial score (nSPS) is 13.9. The van der Waals surface area contributed by atoms with Gasteiger partial charge in [0.2, 0.25) is 0 Å². The van der Waals surface area contributed by atoms with Gasteiger partial charge in [-0.05, 0) is 57.6 Å². The van der Waals surface area contributed by atoms with Crippen LogP contribution in [0.15, 0.2) is 115 Å². The van der Waals surface area contributed by atoms with Crippen molar-refractivity contribution in [2.24, 2.45) is 0 Å². The Balaban J connectivity index is 1.33. The van der Waals surface area contributed by atoms with Gasteiger partial charge < -0.3 is 4.57 Å². The molecule has 0 unspecified atom stereocenters. The molecule has 176 valence electrons. The lowest BCUT2D eigenvalue weighted by atomic mass is 9.79. The van der Waals surface area contributed by atoms with E-state index in [1.807, 2.05) is 11.3 Å². The van der Waals surface area contributed by atoms with E-state index in [2.05, 4.69) is 134 Å². The molecule has 0 bridgehead atoms. The molecule has 0 amide bonds. The summed E-state index contributed by atoms with van der Waals surface area (Å²) < 4.78 is 5.15. The third-order valence-electron chi connectivity index (χ3n) is 8.20. The molecule has 5 aromatic carbocycles. The minimum atomic E-state index is -0.0282. The number of fused-ring (bicyclic) bond motifs is 8. The predicted octanol–water partition coefficient (Wildman–Crippen LogP) is 9.97. The van der Waals surface area contributed by atoms with E-state index in [-0.39, 0.29) is 5.41 Å². The second-order valence-electron chi connectivity index (χ2n) is 10.6. The summed E-state index contributed by atoms with van der Waals surface area (Å²) in [5.41, 5.74) is 11.9. The lowest BCUT2D eigenvalue weighted by Crippen LogP contribution is -2.16. The van der Waals surface area contributed by atoms with Crippen LogP contribution in [0, 0.1) is 0 Å². The molecule has 2 heterocycles.